The van der Waals surface area contributed by atoms with E-state index in [1.165, 1.54) is 4.31 Å². The Kier molecular flexibility index (Phi) is 6.27. The van der Waals surface area contributed by atoms with Crippen molar-refractivity contribution >= 4 is 43.2 Å². The van der Waals surface area contributed by atoms with Crippen LogP contribution in [0.5, 0.6) is 0 Å². The number of hydrogen-bond acceptors (Lipinski definition) is 5. The van der Waals surface area contributed by atoms with Crippen molar-refractivity contribution in [3.05, 3.63) is 58.2 Å². The lowest BCUT2D eigenvalue weighted by atomic mass is 9.97. The number of piperidine rings is 1. The standard InChI is InChI=1S/C22H25N3O4S2/c1-2-12-25-19-9-8-18(15-20(19)30-22(25)27)31(28,29)24-13-10-16(11-14-24)21(26)23-17-6-4-3-5-7-17/h3-9,15-16H,2,10-14H2,1H3,(H,23,26). The second kappa shape index (κ2) is 8.94. The third-order valence-corrected chi connectivity index (χ3v) is 8.43. The predicted octanol–water partition coefficient (Wildman–Crippen LogP) is 3.51. The third-order valence-electron chi connectivity index (χ3n) is 5.59. The van der Waals surface area contributed by atoms with Gasteiger partial charge in [0.1, 0.15) is 0 Å². The fraction of sp³-hybridized carbons (Fsp3) is 0.364. The maximum absolute atomic E-state index is 13.2. The minimum atomic E-state index is -3.68. The van der Waals surface area contributed by atoms with E-state index in [9.17, 15) is 18.0 Å². The fourth-order valence-corrected chi connectivity index (χ4v) is 6.44. The number of nitrogens with one attached hydrogen (secondary N) is 1. The summed E-state index contributed by atoms with van der Waals surface area (Å²) in [5, 5.41) is 2.90. The first-order chi connectivity index (χ1) is 14.9. The van der Waals surface area contributed by atoms with Crippen molar-refractivity contribution < 1.29 is 13.2 Å². The van der Waals surface area contributed by atoms with Gasteiger partial charge in [-0.25, -0.2) is 8.42 Å². The van der Waals surface area contributed by atoms with Crippen molar-refractivity contribution in [3.63, 3.8) is 0 Å². The lowest BCUT2D eigenvalue weighted by Crippen LogP contribution is -2.41. The molecule has 0 spiro atoms. The molecule has 0 unspecified atom stereocenters. The number of carbonyl (C=O) groups excluding carboxylic acids is 1. The molecule has 0 atom stereocenters. The Hall–Kier alpha value is -2.49. The first kappa shape index (κ1) is 21.7. The Morgan fingerprint density at radius 3 is 2.52 bits per heavy atom. The molecule has 164 valence electrons. The lowest BCUT2D eigenvalue weighted by molar-refractivity contribution is -0.120. The number of aromatic nitrogens is 1. The van der Waals surface area contributed by atoms with E-state index in [4.69, 9.17) is 0 Å². The molecular weight excluding hydrogens is 434 g/mol. The summed E-state index contributed by atoms with van der Waals surface area (Å²) in [7, 11) is -3.68. The smallest absolute Gasteiger partial charge is 0.308 e. The van der Waals surface area contributed by atoms with Crippen LogP contribution in [0.3, 0.4) is 0 Å². The van der Waals surface area contributed by atoms with Gasteiger partial charge in [-0.3, -0.25) is 14.2 Å². The molecule has 0 aliphatic carbocycles. The Morgan fingerprint density at radius 2 is 1.84 bits per heavy atom. The highest BCUT2D eigenvalue weighted by molar-refractivity contribution is 7.89. The molecule has 0 saturated carbocycles. The van der Waals surface area contributed by atoms with Gasteiger partial charge in [-0.15, -0.1) is 0 Å². The Balaban J connectivity index is 1.46. The van der Waals surface area contributed by atoms with Gasteiger partial charge in [-0.2, -0.15) is 4.31 Å². The number of nitrogens with zero attached hydrogens (tertiary/aromatic N) is 2. The van der Waals surface area contributed by atoms with Gasteiger partial charge in [0, 0.05) is 31.2 Å². The first-order valence-corrected chi connectivity index (χ1v) is 12.6. The highest BCUT2D eigenvalue weighted by Crippen LogP contribution is 2.28. The SMILES string of the molecule is CCCn1c(=O)sc2cc(S(=O)(=O)N3CCC(C(=O)Nc4ccccc4)CC3)ccc21. The normalized spacial score (nSPS) is 15.9. The maximum Gasteiger partial charge on any atom is 0.308 e. The highest BCUT2D eigenvalue weighted by Gasteiger charge is 2.32. The summed E-state index contributed by atoms with van der Waals surface area (Å²) in [4.78, 5) is 24.8. The number of anilines is 1. The average molecular weight is 460 g/mol. The number of para-hydroxylation sites is 1. The van der Waals surface area contributed by atoms with Gasteiger partial charge in [0.25, 0.3) is 0 Å². The molecule has 0 radical (unpaired) electrons. The van der Waals surface area contributed by atoms with Crippen LogP contribution < -0.4 is 10.2 Å². The summed E-state index contributed by atoms with van der Waals surface area (Å²) in [6, 6.07) is 14.1. The molecule has 1 N–H and O–H groups in total. The van der Waals surface area contributed by atoms with E-state index in [0.29, 0.717) is 37.2 Å². The maximum atomic E-state index is 13.2. The van der Waals surface area contributed by atoms with Crippen LogP contribution in [0.4, 0.5) is 5.69 Å². The quantitative estimate of drug-likeness (QED) is 0.611. The molecule has 9 heteroatoms. The van der Waals surface area contributed by atoms with E-state index in [1.54, 1.807) is 22.8 Å². The molecule has 1 fully saturated rings. The molecule has 1 aromatic heterocycles. The molecule has 0 bridgehead atoms. The Labute approximate surface area is 185 Å². The number of amides is 1. The van der Waals surface area contributed by atoms with Gasteiger partial charge in [-0.05, 0) is 49.6 Å². The van der Waals surface area contributed by atoms with Crippen molar-refractivity contribution in [1.82, 2.24) is 8.87 Å². The molecule has 3 aromatic rings. The zero-order valence-corrected chi connectivity index (χ0v) is 18.9. The number of hydrogen-bond donors (Lipinski definition) is 1. The summed E-state index contributed by atoms with van der Waals surface area (Å²) < 4.78 is 30.1. The number of rotatable bonds is 6. The van der Waals surface area contributed by atoms with Crippen LogP contribution in [-0.4, -0.2) is 36.3 Å². The second-order valence-corrected chi connectivity index (χ2v) is 10.6. The number of benzene rings is 2. The molecule has 31 heavy (non-hydrogen) atoms. The molecule has 1 amide bonds. The van der Waals surface area contributed by atoms with Crippen LogP contribution in [0.15, 0.2) is 58.2 Å². The van der Waals surface area contributed by atoms with E-state index >= 15 is 0 Å². The molecular formula is C22H25N3O4S2. The Morgan fingerprint density at radius 1 is 1.13 bits per heavy atom. The van der Waals surface area contributed by atoms with Crippen molar-refractivity contribution in [3.8, 4) is 0 Å². The molecule has 1 aliphatic rings. The van der Waals surface area contributed by atoms with Crippen molar-refractivity contribution in [2.45, 2.75) is 37.6 Å². The summed E-state index contributed by atoms with van der Waals surface area (Å²) in [5.41, 5.74) is 1.51. The van der Waals surface area contributed by atoms with Gasteiger partial charge in [-0.1, -0.05) is 36.5 Å². The number of aryl methyl sites for hydroxylation is 1. The zero-order valence-electron chi connectivity index (χ0n) is 17.3. The molecule has 1 aliphatic heterocycles. The third kappa shape index (κ3) is 4.44. The summed E-state index contributed by atoms with van der Waals surface area (Å²) in [5.74, 6) is -0.297. The largest absolute Gasteiger partial charge is 0.326 e. The van der Waals surface area contributed by atoms with Gasteiger partial charge in [0.05, 0.1) is 15.1 Å². The first-order valence-electron chi connectivity index (χ1n) is 10.4. The minimum Gasteiger partial charge on any atom is -0.326 e. The topological polar surface area (TPSA) is 88.5 Å². The van der Waals surface area contributed by atoms with Gasteiger partial charge < -0.3 is 5.32 Å². The van der Waals surface area contributed by atoms with Crippen LogP contribution >= 0.6 is 11.3 Å². The summed E-state index contributed by atoms with van der Waals surface area (Å²) in [6.07, 6.45) is 1.78. The van der Waals surface area contributed by atoms with Crippen LogP contribution in [0.25, 0.3) is 10.2 Å². The van der Waals surface area contributed by atoms with Crippen molar-refractivity contribution in [1.29, 1.82) is 0 Å². The average Bonchev–Trinajstić information content (AvgIpc) is 3.09. The van der Waals surface area contributed by atoms with E-state index < -0.39 is 10.0 Å². The van der Waals surface area contributed by atoms with E-state index in [2.05, 4.69) is 5.32 Å². The number of sulfonamides is 1. The molecule has 2 aromatic carbocycles. The van der Waals surface area contributed by atoms with E-state index in [0.717, 1.165) is 29.0 Å². The van der Waals surface area contributed by atoms with Gasteiger partial charge in [0.15, 0.2) is 0 Å². The highest BCUT2D eigenvalue weighted by atomic mass is 32.2. The predicted molar refractivity (Wildman–Crippen MR) is 123 cm³/mol. The molecule has 1 saturated heterocycles. The zero-order chi connectivity index (χ0) is 22.0. The number of carbonyl (C=O) groups is 1. The number of fused-ring (bicyclic) bond motifs is 1. The lowest BCUT2D eigenvalue weighted by Gasteiger charge is -2.30. The van der Waals surface area contributed by atoms with Crippen LogP contribution in [0, 0.1) is 5.92 Å². The number of thiazole rings is 1. The summed E-state index contributed by atoms with van der Waals surface area (Å²) in [6.45, 7) is 3.20. The van der Waals surface area contributed by atoms with Gasteiger partial charge in [0.2, 0.25) is 15.9 Å². The van der Waals surface area contributed by atoms with E-state index in [-0.39, 0.29) is 21.6 Å². The van der Waals surface area contributed by atoms with Crippen molar-refractivity contribution in [2.24, 2.45) is 5.92 Å². The second-order valence-electron chi connectivity index (χ2n) is 7.68. The Bertz CT molecular complexity index is 1240. The summed E-state index contributed by atoms with van der Waals surface area (Å²) >= 11 is 1.07. The van der Waals surface area contributed by atoms with Crippen LogP contribution in [0.1, 0.15) is 26.2 Å². The fourth-order valence-electron chi connectivity index (χ4n) is 3.92. The van der Waals surface area contributed by atoms with Crippen LogP contribution in [-0.2, 0) is 21.4 Å². The van der Waals surface area contributed by atoms with Crippen LogP contribution in [0.2, 0.25) is 0 Å². The van der Waals surface area contributed by atoms with Crippen molar-refractivity contribution in [2.75, 3.05) is 18.4 Å². The molecule has 4 rings (SSSR count). The van der Waals surface area contributed by atoms with E-state index in [1.807, 2.05) is 37.3 Å². The molecule has 2 heterocycles. The van der Waals surface area contributed by atoms with Gasteiger partial charge >= 0.3 is 4.87 Å². The monoisotopic (exact) mass is 459 g/mol. The minimum absolute atomic E-state index is 0.0726. The molecule has 7 nitrogen and oxygen atoms in total.